The third kappa shape index (κ3) is 6.22. The number of hydrogen-bond acceptors (Lipinski definition) is 5. The van der Waals surface area contributed by atoms with Crippen LogP contribution in [0.3, 0.4) is 0 Å². The average Bonchev–Trinajstić information content (AvgIpc) is 2.67. The molecule has 0 aliphatic heterocycles. The molecule has 2 aromatic carbocycles. The maximum Gasteiger partial charge on any atom is 0.280 e. The van der Waals surface area contributed by atoms with Crippen molar-refractivity contribution in [2.75, 3.05) is 13.7 Å². The summed E-state index contributed by atoms with van der Waals surface area (Å²) in [6, 6.07) is 13.9. The van der Waals surface area contributed by atoms with Crippen molar-refractivity contribution in [3.05, 3.63) is 69.8 Å². The smallest absolute Gasteiger partial charge is 0.280 e. The molecule has 7 heteroatoms. The van der Waals surface area contributed by atoms with E-state index in [4.69, 9.17) is 4.74 Å². The monoisotopic (exact) mass is 370 g/mol. The summed E-state index contributed by atoms with van der Waals surface area (Å²) in [5, 5.41) is 10.8. The van der Waals surface area contributed by atoms with Crippen molar-refractivity contribution in [3.8, 4) is 5.75 Å². The number of aldehydes is 1. The molecule has 0 aliphatic carbocycles. The van der Waals surface area contributed by atoms with E-state index in [1.165, 1.54) is 18.2 Å². The third-order valence-corrected chi connectivity index (χ3v) is 4.06. The van der Waals surface area contributed by atoms with Crippen LogP contribution < -0.4 is 4.74 Å². The SMILES string of the molecule is CN(Cc1ccccc1)C(=O)CCCCOc1ccc([N+](=O)[O-])c(C=O)c1. The van der Waals surface area contributed by atoms with Gasteiger partial charge in [-0.25, -0.2) is 0 Å². The van der Waals surface area contributed by atoms with Crippen molar-refractivity contribution in [1.29, 1.82) is 0 Å². The average molecular weight is 370 g/mol. The first-order valence-corrected chi connectivity index (χ1v) is 8.65. The lowest BCUT2D eigenvalue weighted by Gasteiger charge is -2.17. The maximum absolute atomic E-state index is 12.1. The third-order valence-electron chi connectivity index (χ3n) is 4.06. The van der Waals surface area contributed by atoms with E-state index in [2.05, 4.69) is 0 Å². The van der Waals surface area contributed by atoms with Crippen LogP contribution in [0, 0.1) is 10.1 Å². The van der Waals surface area contributed by atoms with Crippen LogP contribution in [0.5, 0.6) is 5.75 Å². The highest BCUT2D eigenvalue weighted by atomic mass is 16.6. The van der Waals surface area contributed by atoms with Gasteiger partial charge in [0.1, 0.15) is 5.75 Å². The van der Waals surface area contributed by atoms with Crippen molar-refractivity contribution in [2.24, 2.45) is 0 Å². The molecule has 0 spiro atoms. The van der Waals surface area contributed by atoms with Crippen molar-refractivity contribution < 1.29 is 19.2 Å². The van der Waals surface area contributed by atoms with Gasteiger partial charge in [-0.05, 0) is 30.5 Å². The van der Waals surface area contributed by atoms with Gasteiger partial charge in [-0.15, -0.1) is 0 Å². The molecule has 0 aromatic heterocycles. The lowest BCUT2D eigenvalue weighted by atomic mass is 10.2. The molecule has 7 nitrogen and oxygen atoms in total. The molecule has 27 heavy (non-hydrogen) atoms. The first-order valence-electron chi connectivity index (χ1n) is 8.65. The minimum atomic E-state index is -0.606. The lowest BCUT2D eigenvalue weighted by molar-refractivity contribution is -0.385. The summed E-state index contributed by atoms with van der Waals surface area (Å²) >= 11 is 0. The number of carbonyl (C=O) groups is 2. The summed E-state index contributed by atoms with van der Waals surface area (Å²) in [5.41, 5.74) is 0.820. The number of benzene rings is 2. The Hall–Kier alpha value is -3.22. The first-order chi connectivity index (χ1) is 13.0. The largest absolute Gasteiger partial charge is 0.494 e. The Kier molecular flexibility index (Phi) is 7.49. The number of nitro benzene ring substituents is 1. The Balaban J connectivity index is 1.71. The van der Waals surface area contributed by atoms with E-state index in [0.29, 0.717) is 44.4 Å². The van der Waals surface area contributed by atoms with Gasteiger partial charge < -0.3 is 9.64 Å². The Labute approximate surface area is 157 Å². The molecular formula is C20H22N2O5. The Morgan fingerprint density at radius 1 is 1.19 bits per heavy atom. The van der Waals surface area contributed by atoms with Crippen LogP contribution in [-0.4, -0.2) is 35.7 Å². The number of ether oxygens (including phenoxy) is 1. The number of nitro groups is 1. The fourth-order valence-corrected chi connectivity index (χ4v) is 2.59. The number of amides is 1. The summed E-state index contributed by atoms with van der Waals surface area (Å²) in [6.07, 6.45) is 2.20. The van der Waals surface area contributed by atoms with Crippen LogP contribution in [0.2, 0.25) is 0 Å². The van der Waals surface area contributed by atoms with Crippen LogP contribution >= 0.6 is 0 Å². The van der Waals surface area contributed by atoms with Gasteiger partial charge in [0.05, 0.1) is 17.1 Å². The number of rotatable bonds is 10. The van der Waals surface area contributed by atoms with Crippen molar-refractivity contribution in [3.63, 3.8) is 0 Å². The molecule has 0 radical (unpaired) electrons. The van der Waals surface area contributed by atoms with Gasteiger partial charge in [0, 0.05) is 26.1 Å². The highest BCUT2D eigenvalue weighted by Gasteiger charge is 2.14. The zero-order valence-corrected chi connectivity index (χ0v) is 15.2. The highest BCUT2D eigenvalue weighted by Crippen LogP contribution is 2.22. The topological polar surface area (TPSA) is 89.8 Å². The molecule has 0 saturated carbocycles. The second-order valence-corrected chi connectivity index (χ2v) is 6.14. The molecule has 0 fully saturated rings. The van der Waals surface area contributed by atoms with Gasteiger partial charge in [-0.3, -0.25) is 19.7 Å². The van der Waals surface area contributed by atoms with E-state index in [1.807, 2.05) is 30.3 Å². The Morgan fingerprint density at radius 2 is 1.93 bits per heavy atom. The van der Waals surface area contributed by atoms with Crippen molar-refractivity contribution in [1.82, 2.24) is 4.90 Å². The zero-order valence-electron chi connectivity index (χ0n) is 15.2. The molecule has 2 aromatic rings. The second kappa shape index (κ2) is 10.1. The summed E-state index contributed by atoms with van der Waals surface area (Å²) in [5.74, 6) is 0.465. The van der Waals surface area contributed by atoms with Gasteiger partial charge in [-0.1, -0.05) is 30.3 Å². The molecule has 0 aliphatic rings. The molecule has 0 unspecified atom stereocenters. The van der Waals surface area contributed by atoms with Gasteiger partial charge in [0.15, 0.2) is 6.29 Å². The number of nitrogens with zero attached hydrogens (tertiary/aromatic N) is 2. The molecule has 0 bridgehead atoms. The summed E-state index contributed by atoms with van der Waals surface area (Å²) in [7, 11) is 1.78. The fraction of sp³-hybridized carbons (Fsp3) is 0.300. The van der Waals surface area contributed by atoms with Gasteiger partial charge in [0.25, 0.3) is 5.69 Å². The number of unbranched alkanes of at least 4 members (excludes halogenated alkanes) is 1. The molecule has 1 amide bonds. The quantitative estimate of drug-likeness (QED) is 0.276. The minimum absolute atomic E-state index is 0.0183. The van der Waals surface area contributed by atoms with Crippen molar-refractivity contribution in [2.45, 2.75) is 25.8 Å². The summed E-state index contributed by atoms with van der Waals surface area (Å²) in [6.45, 7) is 0.944. The van der Waals surface area contributed by atoms with Crippen LogP contribution in [0.1, 0.15) is 35.2 Å². The van der Waals surface area contributed by atoms with E-state index in [0.717, 1.165) is 5.56 Å². The maximum atomic E-state index is 12.1. The van der Waals surface area contributed by atoms with Crippen LogP contribution in [0.4, 0.5) is 5.69 Å². The van der Waals surface area contributed by atoms with Gasteiger partial charge >= 0.3 is 0 Å². The lowest BCUT2D eigenvalue weighted by Crippen LogP contribution is -2.25. The van der Waals surface area contributed by atoms with Crippen LogP contribution in [0.25, 0.3) is 0 Å². The predicted molar refractivity (Wildman–Crippen MR) is 101 cm³/mol. The number of hydrogen-bond donors (Lipinski definition) is 0. The van der Waals surface area contributed by atoms with Crippen LogP contribution in [-0.2, 0) is 11.3 Å². The first kappa shape index (κ1) is 20.1. The molecule has 0 saturated heterocycles. The molecule has 0 heterocycles. The van der Waals surface area contributed by atoms with E-state index in [-0.39, 0.29) is 17.2 Å². The Bertz CT molecular complexity index is 792. The van der Waals surface area contributed by atoms with E-state index in [1.54, 1.807) is 11.9 Å². The zero-order chi connectivity index (χ0) is 19.6. The molecule has 2 rings (SSSR count). The van der Waals surface area contributed by atoms with E-state index in [9.17, 15) is 19.7 Å². The standard InChI is InChI=1S/C20H22N2O5/c1-21(14-16-7-3-2-4-8-16)20(24)9-5-6-12-27-18-10-11-19(22(25)26)17(13-18)15-23/h2-4,7-8,10-11,13,15H,5-6,9,12,14H2,1H3. The summed E-state index contributed by atoms with van der Waals surface area (Å²) in [4.78, 5) is 35.0. The molecule has 142 valence electrons. The molecule has 0 atom stereocenters. The van der Waals surface area contributed by atoms with E-state index < -0.39 is 4.92 Å². The predicted octanol–water partition coefficient (Wildman–Crippen LogP) is 3.62. The van der Waals surface area contributed by atoms with E-state index >= 15 is 0 Å². The normalized spacial score (nSPS) is 10.3. The van der Waals surface area contributed by atoms with Crippen molar-refractivity contribution >= 4 is 17.9 Å². The summed E-state index contributed by atoms with van der Waals surface area (Å²) < 4.78 is 5.51. The Morgan fingerprint density at radius 3 is 2.59 bits per heavy atom. The molecule has 0 N–H and O–H groups in total. The highest BCUT2D eigenvalue weighted by molar-refractivity contribution is 5.82. The van der Waals surface area contributed by atoms with Gasteiger partial charge in [0.2, 0.25) is 5.91 Å². The molecular weight excluding hydrogens is 348 g/mol. The fourth-order valence-electron chi connectivity index (χ4n) is 2.59. The second-order valence-electron chi connectivity index (χ2n) is 6.14. The number of carbonyl (C=O) groups excluding carboxylic acids is 2. The van der Waals surface area contributed by atoms with Crippen LogP contribution in [0.15, 0.2) is 48.5 Å². The van der Waals surface area contributed by atoms with Gasteiger partial charge in [-0.2, -0.15) is 0 Å². The minimum Gasteiger partial charge on any atom is -0.494 e.